The van der Waals surface area contributed by atoms with Crippen LogP contribution in [-0.4, -0.2) is 30.7 Å². The topological polar surface area (TPSA) is 69.4 Å². The predicted molar refractivity (Wildman–Crippen MR) is 217 cm³/mol. The molecule has 0 radical (unpaired) electrons. The lowest BCUT2D eigenvalue weighted by atomic mass is 9.86. The van der Waals surface area contributed by atoms with Crippen LogP contribution in [0.25, 0.3) is 27.6 Å². The van der Waals surface area contributed by atoms with Gasteiger partial charge in [-0.2, -0.15) is 0 Å². The molecule has 3 aromatic heterocycles. The molecule has 1 unspecified atom stereocenters. The molecule has 3 atom stereocenters. The van der Waals surface area contributed by atoms with Gasteiger partial charge in [0.25, 0.3) is 0 Å². The number of rotatable bonds is 4. The summed E-state index contributed by atoms with van der Waals surface area (Å²) in [6, 6.07) is 23.6. The molecule has 0 spiro atoms. The van der Waals surface area contributed by atoms with Crippen LogP contribution in [0.4, 0.5) is 0 Å². The Morgan fingerprint density at radius 2 is 1.43 bits per heavy atom. The fraction of sp³-hybridized carbons (Fsp3) is 0.370. The Bertz CT molecular complexity index is 2520. The number of ether oxygens (including phenoxy) is 1. The summed E-state index contributed by atoms with van der Waals surface area (Å²) in [5.41, 5.74) is 10.9. The first-order valence-corrected chi connectivity index (χ1v) is 19.9. The minimum Gasteiger partial charge on any atom is -0.471 e. The van der Waals surface area contributed by atoms with Crippen LogP contribution in [-0.2, 0) is 38.2 Å². The zero-order chi connectivity index (χ0) is 37.8. The van der Waals surface area contributed by atoms with E-state index in [9.17, 15) is 4.21 Å². The maximum absolute atomic E-state index is 14.7. The van der Waals surface area contributed by atoms with Crippen LogP contribution in [0.5, 0.6) is 0 Å². The number of hydrogen-bond acceptors (Lipinski definition) is 5. The van der Waals surface area contributed by atoms with Crippen LogP contribution in [0.15, 0.2) is 93.9 Å². The molecule has 0 amide bonds. The Balaban J connectivity index is 1.21. The number of fused-ring (bicyclic) bond motifs is 6. The second-order valence-corrected chi connectivity index (χ2v) is 19.6. The van der Waals surface area contributed by atoms with Gasteiger partial charge in [0, 0.05) is 44.9 Å². The summed E-state index contributed by atoms with van der Waals surface area (Å²) in [6.45, 7) is 24.1. The summed E-state index contributed by atoms with van der Waals surface area (Å²) in [5.74, 6) is 1.46. The molecule has 272 valence electrons. The SMILES string of the molecule is Cc1cc(C)c(S(=O)c2ccc3c4cc(C(C)(C)C)ccc4n(-c4cc(C(C)(C)C)ccn4)c3c2)cc1C1=N[C@@H]2c3ncc(C(C)(C)C)cc3C[C@@H]2O1. The number of benzene rings is 3. The first-order chi connectivity index (χ1) is 24.9. The van der Waals surface area contributed by atoms with E-state index in [4.69, 9.17) is 19.7 Å². The fourth-order valence-corrected chi connectivity index (χ4v) is 9.02. The van der Waals surface area contributed by atoms with Crippen LogP contribution >= 0.6 is 0 Å². The van der Waals surface area contributed by atoms with Crippen molar-refractivity contribution in [3.8, 4) is 5.82 Å². The molecule has 2 aliphatic rings. The number of nitrogens with zero attached hydrogens (tertiary/aromatic N) is 4. The van der Waals surface area contributed by atoms with Crippen LogP contribution in [0, 0.1) is 13.8 Å². The molecule has 6 aromatic rings. The third-order valence-electron chi connectivity index (χ3n) is 11.1. The second kappa shape index (κ2) is 12.2. The maximum Gasteiger partial charge on any atom is 0.217 e. The fourth-order valence-electron chi connectivity index (χ4n) is 7.77. The summed E-state index contributed by atoms with van der Waals surface area (Å²) in [5, 5.41) is 2.27. The van der Waals surface area contributed by atoms with Crippen molar-refractivity contribution >= 4 is 38.5 Å². The maximum atomic E-state index is 14.7. The molecule has 7 heteroatoms. The van der Waals surface area contributed by atoms with Crippen molar-refractivity contribution in [3.63, 3.8) is 0 Å². The molecule has 1 aliphatic carbocycles. The molecule has 6 nitrogen and oxygen atoms in total. The van der Waals surface area contributed by atoms with E-state index in [-0.39, 0.29) is 28.4 Å². The zero-order valence-corrected chi connectivity index (χ0v) is 33.7. The van der Waals surface area contributed by atoms with Gasteiger partial charge in [0.2, 0.25) is 5.90 Å². The monoisotopic (exact) mass is 722 g/mol. The van der Waals surface area contributed by atoms with Crippen molar-refractivity contribution in [1.82, 2.24) is 14.5 Å². The lowest BCUT2D eigenvalue weighted by Gasteiger charge is -2.20. The Morgan fingerprint density at radius 1 is 0.717 bits per heavy atom. The smallest absolute Gasteiger partial charge is 0.217 e. The average Bonchev–Trinajstić information content (AvgIpc) is 3.75. The molecule has 0 saturated heterocycles. The molecule has 0 saturated carbocycles. The van der Waals surface area contributed by atoms with Crippen LogP contribution < -0.4 is 0 Å². The first kappa shape index (κ1) is 35.4. The predicted octanol–water partition coefficient (Wildman–Crippen LogP) is 10.7. The highest BCUT2D eigenvalue weighted by molar-refractivity contribution is 7.85. The van der Waals surface area contributed by atoms with Crippen molar-refractivity contribution in [2.45, 2.75) is 121 Å². The molecule has 0 bridgehead atoms. The van der Waals surface area contributed by atoms with Crippen molar-refractivity contribution in [1.29, 1.82) is 0 Å². The quantitative estimate of drug-likeness (QED) is 0.182. The van der Waals surface area contributed by atoms with E-state index in [0.29, 0.717) is 5.90 Å². The van der Waals surface area contributed by atoms with Gasteiger partial charge in [0.05, 0.1) is 27.5 Å². The van der Waals surface area contributed by atoms with Gasteiger partial charge in [-0.05, 0) is 106 Å². The molecular formula is C46H50N4O2S. The largest absolute Gasteiger partial charge is 0.471 e. The van der Waals surface area contributed by atoms with Crippen LogP contribution in [0.2, 0.25) is 0 Å². The number of hydrogen-bond donors (Lipinski definition) is 0. The van der Waals surface area contributed by atoms with Crippen LogP contribution in [0.1, 0.15) is 113 Å². The third-order valence-corrected chi connectivity index (χ3v) is 12.6. The number of aryl methyl sites for hydroxylation is 2. The molecule has 4 heterocycles. The molecular weight excluding hydrogens is 673 g/mol. The summed E-state index contributed by atoms with van der Waals surface area (Å²) < 4.78 is 23.5. The van der Waals surface area contributed by atoms with E-state index >= 15 is 0 Å². The Kier molecular flexibility index (Phi) is 8.16. The average molecular weight is 723 g/mol. The molecule has 3 aromatic carbocycles. The van der Waals surface area contributed by atoms with Gasteiger partial charge in [-0.25, -0.2) is 14.2 Å². The van der Waals surface area contributed by atoms with Gasteiger partial charge < -0.3 is 4.74 Å². The zero-order valence-electron chi connectivity index (χ0n) is 32.9. The molecule has 8 rings (SSSR count). The van der Waals surface area contributed by atoms with Gasteiger partial charge in [0.1, 0.15) is 18.0 Å². The lowest BCUT2D eigenvalue weighted by molar-refractivity contribution is 0.205. The van der Waals surface area contributed by atoms with E-state index in [1.54, 1.807) is 0 Å². The molecule has 0 N–H and O–H groups in total. The van der Waals surface area contributed by atoms with E-state index in [1.165, 1.54) is 22.3 Å². The van der Waals surface area contributed by atoms with Crippen molar-refractivity contribution in [2.24, 2.45) is 4.99 Å². The lowest BCUT2D eigenvalue weighted by Crippen LogP contribution is -2.15. The minimum absolute atomic E-state index is 0.00318. The Labute approximate surface area is 316 Å². The molecule has 1 aliphatic heterocycles. The van der Waals surface area contributed by atoms with Crippen molar-refractivity contribution < 1.29 is 8.95 Å². The van der Waals surface area contributed by atoms with Gasteiger partial charge >= 0.3 is 0 Å². The van der Waals surface area contributed by atoms with E-state index in [2.05, 4.69) is 128 Å². The minimum atomic E-state index is -1.47. The van der Waals surface area contributed by atoms with Gasteiger partial charge in [0.15, 0.2) is 0 Å². The highest BCUT2D eigenvalue weighted by Crippen LogP contribution is 2.42. The second-order valence-electron chi connectivity index (χ2n) is 18.1. The van der Waals surface area contributed by atoms with Crippen molar-refractivity contribution in [2.75, 3.05) is 0 Å². The number of pyridine rings is 2. The normalized spacial score (nSPS) is 17.9. The first-order valence-electron chi connectivity index (χ1n) is 18.7. The Morgan fingerprint density at radius 3 is 2.15 bits per heavy atom. The molecule has 53 heavy (non-hydrogen) atoms. The highest BCUT2D eigenvalue weighted by Gasteiger charge is 2.42. The van der Waals surface area contributed by atoms with E-state index in [0.717, 1.165) is 66.2 Å². The number of aromatic nitrogens is 3. The highest BCUT2D eigenvalue weighted by atomic mass is 32.2. The summed E-state index contributed by atoms with van der Waals surface area (Å²) in [4.78, 5) is 16.4. The summed E-state index contributed by atoms with van der Waals surface area (Å²) >= 11 is 0. The van der Waals surface area contributed by atoms with E-state index < -0.39 is 10.8 Å². The number of aliphatic imine (C=N–C) groups is 1. The van der Waals surface area contributed by atoms with Gasteiger partial charge in [-0.3, -0.25) is 9.55 Å². The molecule has 0 fully saturated rings. The van der Waals surface area contributed by atoms with Crippen molar-refractivity contribution in [3.05, 3.63) is 124 Å². The van der Waals surface area contributed by atoms with Crippen LogP contribution in [0.3, 0.4) is 0 Å². The standard InChI is InChI=1S/C46H50N4O2S/c1-26-18-27(2)39(24-34(26)43-49-42-38(52-43)20-28-19-31(46(9,10)11)25-48-41(28)42)53(51)32-13-14-33-35-21-29(44(3,4)5)12-15-36(35)50(37(33)23-32)40-22-30(16-17-47-40)45(6,7)8/h12-19,21-25,38,42H,20H2,1-11H3/t38-,42-,53?/m0/s1. The Hall–Kier alpha value is -4.62. The van der Waals surface area contributed by atoms with E-state index in [1.807, 2.05) is 31.5 Å². The van der Waals surface area contributed by atoms with Gasteiger partial charge in [-0.1, -0.05) is 86.6 Å². The summed E-state index contributed by atoms with van der Waals surface area (Å²) in [6.07, 6.45) is 4.60. The third kappa shape index (κ3) is 6.11. The van der Waals surface area contributed by atoms with Gasteiger partial charge in [-0.15, -0.1) is 0 Å². The summed E-state index contributed by atoms with van der Waals surface area (Å²) in [7, 11) is -1.47.